The molecule has 1 aliphatic rings. The van der Waals surface area contributed by atoms with E-state index in [-0.39, 0.29) is 11.6 Å². The molecule has 5 aromatic rings. The Morgan fingerprint density at radius 1 is 0.783 bits per heavy atom. The van der Waals surface area contributed by atoms with Crippen LogP contribution < -0.4 is 10.4 Å². The minimum absolute atomic E-state index is 0.0427. The van der Waals surface area contributed by atoms with Crippen LogP contribution in [0, 0.1) is 6.07 Å². The molecule has 238 valence electrons. The SMILES string of the molecule is CCCCc1cc2c(-c3cc(C(F)(F)F)cc(C(F)(F)F)c3)c(CCC)ccc2[cH-]1.[Cl][Zr+2][Cl].[c-]1cccc2c1[Si]c1ccccc1-2. The maximum Gasteiger partial charge on any atom is 0.0920 e. The van der Waals surface area contributed by atoms with Crippen LogP contribution in [0.4, 0.5) is 26.3 Å². The molecule has 0 saturated heterocycles. The minimum atomic E-state index is -4.87. The largest absolute Gasteiger partial charge is 0.184 e. The van der Waals surface area contributed by atoms with E-state index in [2.05, 4.69) is 49.4 Å². The van der Waals surface area contributed by atoms with E-state index >= 15 is 0 Å². The zero-order chi connectivity index (χ0) is 33.5. The Hall–Kier alpha value is -2.25. The second-order valence-electron chi connectivity index (χ2n) is 10.8. The van der Waals surface area contributed by atoms with Crippen LogP contribution in [0.3, 0.4) is 0 Å². The van der Waals surface area contributed by atoms with Crippen molar-refractivity contribution in [3.8, 4) is 22.3 Å². The molecule has 46 heavy (non-hydrogen) atoms. The number of hydrogen-bond donors (Lipinski definition) is 0. The van der Waals surface area contributed by atoms with Gasteiger partial charge >= 0.3 is 50.2 Å². The molecule has 2 radical (unpaired) electrons. The van der Waals surface area contributed by atoms with Crippen LogP contribution in [0.1, 0.15) is 55.4 Å². The molecule has 10 heteroatoms. The van der Waals surface area contributed by atoms with Gasteiger partial charge in [-0.2, -0.15) is 61.9 Å². The minimum Gasteiger partial charge on any atom is -0.184 e. The first-order chi connectivity index (χ1) is 21.9. The van der Waals surface area contributed by atoms with Gasteiger partial charge in [0.15, 0.2) is 0 Å². The molecule has 6 rings (SSSR count). The fraction of sp³-hybridized carbons (Fsp3) is 0.250. The van der Waals surface area contributed by atoms with Gasteiger partial charge in [-0.05, 0) is 36.6 Å². The maximum absolute atomic E-state index is 13.4. The van der Waals surface area contributed by atoms with E-state index in [1.807, 2.05) is 37.3 Å². The number of aryl methyl sites for hydroxylation is 2. The Balaban J connectivity index is 0.000000245. The van der Waals surface area contributed by atoms with Crippen molar-refractivity contribution >= 4 is 47.7 Å². The second-order valence-corrected chi connectivity index (χ2v) is 15.8. The molecular weight excluding hydrogens is 737 g/mol. The Labute approximate surface area is 287 Å². The van der Waals surface area contributed by atoms with Crippen LogP contribution in [-0.2, 0) is 46.0 Å². The summed E-state index contributed by atoms with van der Waals surface area (Å²) in [5.74, 6) is 0. The molecule has 0 nitrogen and oxygen atoms in total. The Kier molecular flexibility index (Phi) is 12.9. The molecule has 0 aromatic heterocycles. The van der Waals surface area contributed by atoms with Crippen LogP contribution in [0.25, 0.3) is 33.0 Å². The third-order valence-corrected chi connectivity index (χ3v) is 8.95. The molecule has 1 heterocycles. The third-order valence-electron chi connectivity index (χ3n) is 7.58. The van der Waals surface area contributed by atoms with Gasteiger partial charge in [-0.3, -0.25) is 0 Å². The molecule has 0 spiro atoms. The van der Waals surface area contributed by atoms with Gasteiger partial charge in [-0.15, -0.1) is 40.1 Å². The summed E-state index contributed by atoms with van der Waals surface area (Å²) in [5.41, 5.74) is 2.42. The fourth-order valence-electron chi connectivity index (χ4n) is 5.56. The van der Waals surface area contributed by atoms with Crippen molar-refractivity contribution in [2.45, 2.75) is 58.3 Å². The van der Waals surface area contributed by atoms with Crippen LogP contribution >= 0.6 is 17.0 Å². The van der Waals surface area contributed by atoms with E-state index < -0.39 is 44.3 Å². The Bertz CT molecular complexity index is 1680. The van der Waals surface area contributed by atoms with Gasteiger partial charge in [0.1, 0.15) is 0 Å². The summed E-state index contributed by atoms with van der Waals surface area (Å²) in [4.78, 5) is 0. The summed E-state index contributed by atoms with van der Waals surface area (Å²) in [7, 11) is 10.7. The van der Waals surface area contributed by atoms with E-state index in [4.69, 9.17) is 17.0 Å². The summed E-state index contributed by atoms with van der Waals surface area (Å²) in [5, 5.41) is 4.37. The zero-order valence-electron chi connectivity index (χ0n) is 25.1. The first-order valence-electron chi connectivity index (χ1n) is 14.8. The first kappa shape index (κ1) is 36.6. The van der Waals surface area contributed by atoms with E-state index in [0.717, 1.165) is 63.8 Å². The van der Waals surface area contributed by atoms with Crippen molar-refractivity contribution in [1.82, 2.24) is 0 Å². The maximum atomic E-state index is 13.4. The zero-order valence-corrected chi connectivity index (χ0v) is 30.1. The van der Waals surface area contributed by atoms with E-state index in [1.165, 1.54) is 21.5 Å². The molecule has 0 saturated carbocycles. The summed E-state index contributed by atoms with van der Waals surface area (Å²) >= 11 is -0.826. The smallest absolute Gasteiger partial charge is 0.0920 e. The average molecular weight is 767 g/mol. The van der Waals surface area contributed by atoms with Crippen LogP contribution in [-0.4, -0.2) is 9.52 Å². The number of hydrogen-bond acceptors (Lipinski definition) is 0. The molecule has 0 bridgehead atoms. The molecule has 0 amide bonds. The van der Waals surface area contributed by atoms with Crippen molar-refractivity contribution in [2.75, 3.05) is 0 Å². The molecule has 1 aliphatic heterocycles. The van der Waals surface area contributed by atoms with Crippen molar-refractivity contribution in [3.63, 3.8) is 0 Å². The van der Waals surface area contributed by atoms with E-state index in [9.17, 15) is 26.3 Å². The van der Waals surface area contributed by atoms with Gasteiger partial charge in [0.2, 0.25) is 0 Å². The number of benzene rings is 4. The summed E-state index contributed by atoms with van der Waals surface area (Å²) in [6.45, 7) is 3.99. The van der Waals surface area contributed by atoms with Gasteiger partial charge in [-0.1, -0.05) is 79.3 Å². The number of unbranched alkanes of at least 4 members (excludes halogenated alkanes) is 1. The average Bonchev–Trinajstić information content (AvgIpc) is 3.61. The van der Waals surface area contributed by atoms with Crippen molar-refractivity contribution < 1.29 is 47.2 Å². The van der Waals surface area contributed by atoms with Gasteiger partial charge in [0, 0.05) is 0 Å². The topological polar surface area (TPSA) is 0 Å². The van der Waals surface area contributed by atoms with Gasteiger partial charge in [-0.25, -0.2) is 0 Å². The quantitative estimate of drug-likeness (QED) is 0.0900. The molecule has 0 unspecified atom stereocenters. The summed E-state index contributed by atoms with van der Waals surface area (Å²) in [6.07, 6.45) is -5.65. The Morgan fingerprint density at radius 2 is 1.43 bits per heavy atom. The molecule has 5 aromatic carbocycles. The second kappa shape index (κ2) is 16.2. The van der Waals surface area contributed by atoms with Gasteiger partial charge in [0.25, 0.3) is 0 Å². The number of rotatable bonds is 6. The molecule has 0 N–H and O–H groups in total. The van der Waals surface area contributed by atoms with Crippen molar-refractivity contribution in [2.24, 2.45) is 0 Å². The van der Waals surface area contributed by atoms with Gasteiger partial charge < -0.3 is 0 Å². The van der Waals surface area contributed by atoms with Crippen molar-refractivity contribution in [3.05, 3.63) is 113 Å². The van der Waals surface area contributed by atoms with E-state index in [1.54, 1.807) is 0 Å². The number of halogens is 8. The summed E-state index contributed by atoms with van der Waals surface area (Å²) < 4.78 is 80.3. The molecular formula is C36H30Cl2F6SiZr. The first-order valence-corrected chi connectivity index (χ1v) is 22.1. The molecule has 0 fully saturated rings. The predicted octanol–water partition coefficient (Wildman–Crippen LogP) is 11.1. The summed E-state index contributed by atoms with van der Waals surface area (Å²) in [6, 6.07) is 27.6. The van der Waals surface area contributed by atoms with E-state index in [0.29, 0.717) is 17.4 Å². The number of alkyl halides is 6. The number of fused-ring (bicyclic) bond motifs is 4. The molecule has 0 atom stereocenters. The van der Waals surface area contributed by atoms with Crippen molar-refractivity contribution in [1.29, 1.82) is 0 Å². The predicted molar refractivity (Wildman–Crippen MR) is 175 cm³/mol. The third kappa shape index (κ3) is 9.00. The Morgan fingerprint density at radius 3 is 2.07 bits per heavy atom. The molecule has 0 aliphatic carbocycles. The standard InChI is InChI=1S/C24H23F6.C12H7Si.2ClH.Zr/c1-3-5-7-15-10-17-9-8-16(6-4-2)22(21(17)11-15)18-12-19(23(25,26)27)14-20(13-18)24(28,29)30;1-3-7-11-9(5-1)10-6-2-4-8-12(10)13-11;;;/h8-14H,3-7H2,1-2H3;1-7H;2*1H;/q2*-1;;;+4/p-2. The monoisotopic (exact) mass is 764 g/mol. The van der Waals surface area contributed by atoms with Crippen LogP contribution in [0.5, 0.6) is 0 Å². The van der Waals surface area contributed by atoms with Crippen LogP contribution in [0.2, 0.25) is 0 Å². The van der Waals surface area contributed by atoms with Gasteiger partial charge in [0.05, 0.1) is 20.6 Å². The van der Waals surface area contributed by atoms with Crippen LogP contribution in [0.15, 0.2) is 84.9 Å². The normalized spacial score (nSPS) is 12.0. The fourth-order valence-corrected chi connectivity index (χ4v) is 6.87.